The van der Waals surface area contributed by atoms with E-state index >= 15 is 0 Å². The SMILES string of the molecule is CCC(=O)c1ccc2c(c1)CCC(C(=O)O)O2. The zero-order valence-corrected chi connectivity index (χ0v) is 9.60. The van der Waals surface area contributed by atoms with Crippen LogP contribution < -0.4 is 4.74 Å². The molecule has 0 saturated heterocycles. The topological polar surface area (TPSA) is 63.6 Å². The molecule has 1 unspecified atom stereocenters. The predicted octanol–water partition coefficient (Wildman–Crippen LogP) is 2.06. The number of carboxylic acid groups (broad SMARTS) is 1. The first-order chi connectivity index (χ1) is 8.11. The molecule has 4 nitrogen and oxygen atoms in total. The van der Waals surface area contributed by atoms with Crippen molar-refractivity contribution in [1.82, 2.24) is 0 Å². The van der Waals surface area contributed by atoms with Gasteiger partial charge in [0.2, 0.25) is 0 Å². The maximum absolute atomic E-state index is 11.5. The van der Waals surface area contributed by atoms with Gasteiger partial charge in [0.15, 0.2) is 11.9 Å². The Bertz CT molecular complexity index is 464. The van der Waals surface area contributed by atoms with Crippen molar-refractivity contribution in [3.63, 3.8) is 0 Å². The first-order valence-corrected chi connectivity index (χ1v) is 5.67. The summed E-state index contributed by atoms with van der Waals surface area (Å²) in [6.07, 6.45) is 0.788. The first kappa shape index (κ1) is 11.6. The fraction of sp³-hybridized carbons (Fsp3) is 0.385. The molecule has 1 N–H and O–H groups in total. The average molecular weight is 234 g/mol. The van der Waals surface area contributed by atoms with Gasteiger partial charge >= 0.3 is 5.97 Å². The van der Waals surface area contributed by atoms with Gasteiger partial charge in [-0.3, -0.25) is 4.79 Å². The van der Waals surface area contributed by atoms with Gasteiger partial charge in [-0.1, -0.05) is 6.92 Å². The minimum absolute atomic E-state index is 0.0909. The molecule has 0 bridgehead atoms. The lowest BCUT2D eigenvalue weighted by Gasteiger charge is -2.23. The van der Waals surface area contributed by atoms with Gasteiger partial charge in [-0.25, -0.2) is 4.79 Å². The van der Waals surface area contributed by atoms with Crippen LogP contribution in [0.2, 0.25) is 0 Å². The Morgan fingerprint density at radius 3 is 2.88 bits per heavy atom. The maximum atomic E-state index is 11.5. The van der Waals surface area contributed by atoms with Gasteiger partial charge in [0.05, 0.1) is 0 Å². The van der Waals surface area contributed by atoms with Crippen LogP contribution in [-0.2, 0) is 11.2 Å². The molecule has 0 radical (unpaired) electrons. The molecule has 2 rings (SSSR count). The van der Waals surface area contributed by atoms with Crippen molar-refractivity contribution in [3.05, 3.63) is 29.3 Å². The number of benzene rings is 1. The van der Waals surface area contributed by atoms with Crippen LogP contribution in [0.1, 0.15) is 35.7 Å². The molecule has 1 atom stereocenters. The molecule has 0 fully saturated rings. The molecule has 0 aliphatic carbocycles. The first-order valence-electron chi connectivity index (χ1n) is 5.67. The van der Waals surface area contributed by atoms with Crippen LogP contribution in [0, 0.1) is 0 Å². The average Bonchev–Trinajstić information content (AvgIpc) is 2.36. The Morgan fingerprint density at radius 2 is 2.24 bits per heavy atom. The third-order valence-electron chi connectivity index (χ3n) is 2.92. The third-order valence-corrected chi connectivity index (χ3v) is 2.92. The molecule has 4 heteroatoms. The standard InChI is InChI=1S/C13H14O4/c1-2-10(14)8-3-5-11-9(7-8)4-6-12(17-11)13(15)16/h3,5,7,12H,2,4,6H2,1H3,(H,15,16). The molecule has 1 aromatic carbocycles. The Morgan fingerprint density at radius 1 is 1.47 bits per heavy atom. The van der Waals surface area contributed by atoms with Crippen molar-refractivity contribution >= 4 is 11.8 Å². The summed E-state index contributed by atoms with van der Waals surface area (Å²) in [5.41, 5.74) is 1.59. The van der Waals surface area contributed by atoms with Crippen molar-refractivity contribution in [3.8, 4) is 5.75 Å². The number of hydrogen-bond acceptors (Lipinski definition) is 3. The van der Waals surface area contributed by atoms with Gasteiger partial charge in [0, 0.05) is 12.0 Å². The van der Waals surface area contributed by atoms with Crippen molar-refractivity contribution in [2.24, 2.45) is 0 Å². The molecule has 0 aromatic heterocycles. The molecular weight excluding hydrogens is 220 g/mol. The van der Waals surface area contributed by atoms with Crippen LogP contribution in [-0.4, -0.2) is 23.0 Å². The molecule has 1 aliphatic heterocycles. The molecule has 0 spiro atoms. The van der Waals surface area contributed by atoms with E-state index in [9.17, 15) is 9.59 Å². The Kier molecular flexibility index (Phi) is 3.13. The summed E-state index contributed by atoms with van der Waals surface area (Å²) in [5, 5.41) is 8.87. The van der Waals surface area contributed by atoms with E-state index in [-0.39, 0.29) is 5.78 Å². The highest BCUT2D eigenvalue weighted by atomic mass is 16.5. The van der Waals surface area contributed by atoms with E-state index < -0.39 is 12.1 Å². The van der Waals surface area contributed by atoms with Crippen molar-refractivity contribution in [2.45, 2.75) is 32.3 Å². The van der Waals surface area contributed by atoms with Crippen molar-refractivity contribution in [2.75, 3.05) is 0 Å². The van der Waals surface area contributed by atoms with Crippen LogP contribution in [0.5, 0.6) is 5.75 Å². The number of ether oxygens (including phenoxy) is 1. The van der Waals surface area contributed by atoms with Gasteiger partial charge in [-0.15, -0.1) is 0 Å². The number of carbonyl (C=O) groups excluding carboxylic acids is 1. The number of fused-ring (bicyclic) bond motifs is 1. The molecule has 90 valence electrons. The number of carboxylic acids is 1. The highest BCUT2D eigenvalue weighted by Crippen LogP contribution is 2.28. The van der Waals surface area contributed by atoms with E-state index in [1.807, 2.05) is 6.92 Å². The monoisotopic (exact) mass is 234 g/mol. The number of aryl methyl sites for hydroxylation is 1. The zero-order valence-electron chi connectivity index (χ0n) is 9.60. The maximum Gasteiger partial charge on any atom is 0.344 e. The van der Waals surface area contributed by atoms with E-state index in [4.69, 9.17) is 9.84 Å². The lowest BCUT2D eigenvalue weighted by Crippen LogP contribution is -2.30. The predicted molar refractivity (Wildman–Crippen MR) is 61.4 cm³/mol. The molecule has 0 saturated carbocycles. The fourth-order valence-electron chi connectivity index (χ4n) is 1.94. The minimum atomic E-state index is -0.940. The number of rotatable bonds is 3. The van der Waals surface area contributed by atoms with Gasteiger partial charge in [-0.2, -0.15) is 0 Å². The minimum Gasteiger partial charge on any atom is -0.479 e. The van der Waals surface area contributed by atoms with Crippen molar-refractivity contribution < 1.29 is 19.4 Å². The zero-order chi connectivity index (χ0) is 12.4. The van der Waals surface area contributed by atoms with Crippen molar-refractivity contribution in [1.29, 1.82) is 0 Å². The highest BCUT2D eigenvalue weighted by Gasteiger charge is 2.25. The lowest BCUT2D eigenvalue weighted by molar-refractivity contribution is -0.145. The summed E-state index contributed by atoms with van der Waals surface area (Å²) in [4.78, 5) is 22.3. The number of aliphatic carboxylic acids is 1. The van der Waals surface area contributed by atoms with Gasteiger partial charge in [0.25, 0.3) is 0 Å². The Hall–Kier alpha value is -1.84. The van der Waals surface area contributed by atoms with Gasteiger partial charge in [-0.05, 0) is 36.6 Å². The van der Waals surface area contributed by atoms with E-state index in [1.54, 1.807) is 18.2 Å². The fourth-order valence-corrected chi connectivity index (χ4v) is 1.94. The Balaban J connectivity index is 2.25. The van der Waals surface area contributed by atoms with E-state index in [1.165, 1.54) is 0 Å². The van der Waals surface area contributed by atoms with Crippen LogP contribution in [0.15, 0.2) is 18.2 Å². The number of ketones is 1. The van der Waals surface area contributed by atoms with Crippen LogP contribution in [0.25, 0.3) is 0 Å². The normalized spacial score (nSPS) is 18.1. The van der Waals surface area contributed by atoms with Crippen LogP contribution >= 0.6 is 0 Å². The molecule has 1 aliphatic rings. The van der Waals surface area contributed by atoms with Crippen LogP contribution in [0.4, 0.5) is 0 Å². The molecule has 1 aromatic rings. The van der Waals surface area contributed by atoms with E-state index in [0.717, 1.165) is 5.56 Å². The summed E-state index contributed by atoms with van der Waals surface area (Å²) >= 11 is 0. The lowest BCUT2D eigenvalue weighted by atomic mass is 9.98. The summed E-state index contributed by atoms with van der Waals surface area (Å²) in [6.45, 7) is 1.82. The number of Topliss-reactive ketones (excluding diaryl/α,β-unsaturated/α-hetero) is 1. The van der Waals surface area contributed by atoms with E-state index in [0.29, 0.717) is 30.6 Å². The largest absolute Gasteiger partial charge is 0.479 e. The summed E-state index contributed by atoms with van der Waals surface area (Å²) in [7, 11) is 0. The summed E-state index contributed by atoms with van der Waals surface area (Å²) < 4.78 is 5.35. The highest BCUT2D eigenvalue weighted by molar-refractivity contribution is 5.96. The van der Waals surface area contributed by atoms with Gasteiger partial charge < -0.3 is 9.84 Å². The summed E-state index contributed by atoms with van der Waals surface area (Å²) in [5.74, 6) is -0.270. The second-order valence-corrected chi connectivity index (χ2v) is 4.08. The second kappa shape index (κ2) is 4.57. The molecular formula is C13H14O4. The third kappa shape index (κ3) is 2.30. The summed E-state index contributed by atoms with van der Waals surface area (Å²) in [6, 6.07) is 5.18. The quantitative estimate of drug-likeness (QED) is 0.813. The number of hydrogen-bond donors (Lipinski definition) is 1. The van der Waals surface area contributed by atoms with Crippen LogP contribution in [0.3, 0.4) is 0 Å². The number of carbonyl (C=O) groups is 2. The molecule has 17 heavy (non-hydrogen) atoms. The van der Waals surface area contributed by atoms with E-state index in [2.05, 4.69) is 0 Å². The smallest absolute Gasteiger partial charge is 0.344 e. The Labute approximate surface area is 99.2 Å². The van der Waals surface area contributed by atoms with Gasteiger partial charge in [0.1, 0.15) is 5.75 Å². The molecule has 1 heterocycles. The second-order valence-electron chi connectivity index (χ2n) is 4.08. The molecule has 0 amide bonds.